The molecule has 2 rings (SSSR count). The van der Waals surface area contributed by atoms with Gasteiger partial charge in [-0.05, 0) is 56.2 Å². The molecule has 21 heavy (non-hydrogen) atoms. The lowest BCUT2D eigenvalue weighted by Crippen LogP contribution is -2.23. The highest BCUT2D eigenvalue weighted by atomic mass is 16.5. The molecule has 0 heterocycles. The van der Waals surface area contributed by atoms with Gasteiger partial charge in [0.1, 0.15) is 0 Å². The van der Waals surface area contributed by atoms with Crippen LogP contribution in [0.15, 0.2) is 24.3 Å². The third-order valence-corrected chi connectivity index (χ3v) is 3.65. The molecule has 0 aromatic heterocycles. The smallest absolute Gasteiger partial charge is 0.244 e. The average molecular weight is 287 g/mol. The van der Waals surface area contributed by atoms with Gasteiger partial charge < -0.3 is 10.1 Å². The lowest BCUT2D eigenvalue weighted by molar-refractivity contribution is -0.116. The highest BCUT2D eigenvalue weighted by molar-refractivity contribution is 5.91. The van der Waals surface area contributed by atoms with Crippen molar-refractivity contribution in [3.63, 3.8) is 0 Å². The Morgan fingerprint density at radius 3 is 2.90 bits per heavy atom. The second-order valence-corrected chi connectivity index (χ2v) is 5.86. The van der Waals surface area contributed by atoms with Crippen LogP contribution in [0.3, 0.4) is 0 Å². The topological polar surface area (TPSA) is 38.3 Å². The Labute approximate surface area is 127 Å². The normalized spacial score (nSPS) is 14.6. The maximum atomic E-state index is 11.7. The van der Waals surface area contributed by atoms with Crippen molar-refractivity contribution in [1.29, 1.82) is 0 Å². The quantitative estimate of drug-likeness (QED) is 0.589. The van der Waals surface area contributed by atoms with Crippen molar-refractivity contribution in [2.45, 2.75) is 33.1 Å². The van der Waals surface area contributed by atoms with Crippen molar-refractivity contribution in [3.8, 4) is 0 Å². The summed E-state index contributed by atoms with van der Waals surface area (Å²) in [6, 6.07) is 6.22. The van der Waals surface area contributed by atoms with Crippen molar-refractivity contribution in [2.75, 3.05) is 19.8 Å². The highest BCUT2D eigenvalue weighted by Gasteiger charge is 2.20. The van der Waals surface area contributed by atoms with E-state index in [1.165, 1.54) is 24.0 Å². The molecule has 1 aliphatic rings. The Bertz CT molecular complexity index is 504. The molecule has 0 spiro atoms. The summed E-state index contributed by atoms with van der Waals surface area (Å²) in [4.78, 5) is 11.7. The van der Waals surface area contributed by atoms with E-state index in [1.54, 1.807) is 6.08 Å². The van der Waals surface area contributed by atoms with E-state index in [-0.39, 0.29) is 5.91 Å². The van der Waals surface area contributed by atoms with Crippen LogP contribution in [-0.2, 0) is 9.53 Å². The second kappa shape index (κ2) is 7.99. The number of amides is 1. The van der Waals surface area contributed by atoms with Gasteiger partial charge in [-0.3, -0.25) is 4.79 Å². The molecule has 1 fully saturated rings. The number of carbonyl (C=O) groups is 1. The van der Waals surface area contributed by atoms with Crippen LogP contribution < -0.4 is 5.32 Å². The van der Waals surface area contributed by atoms with Crippen LogP contribution in [0.25, 0.3) is 6.08 Å². The summed E-state index contributed by atoms with van der Waals surface area (Å²) in [6.45, 7) is 6.42. The van der Waals surface area contributed by atoms with Gasteiger partial charge in [0, 0.05) is 25.8 Å². The van der Waals surface area contributed by atoms with Crippen LogP contribution in [0.1, 0.15) is 36.0 Å². The van der Waals surface area contributed by atoms with E-state index in [0.29, 0.717) is 6.54 Å². The zero-order chi connectivity index (χ0) is 15.1. The Balaban J connectivity index is 1.62. The molecular weight excluding hydrogens is 262 g/mol. The first kappa shape index (κ1) is 15.8. The number of hydrogen-bond acceptors (Lipinski definition) is 2. The van der Waals surface area contributed by atoms with Crippen molar-refractivity contribution in [3.05, 3.63) is 41.0 Å². The van der Waals surface area contributed by atoms with Crippen LogP contribution in [0, 0.1) is 19.8 Å². The van der Waals surface area contributed by atoms with Gasteiger partial charge in [-0.15, -0.1) is 0 Å². The lowest BCUT2D eigenvalue weighted by Gasteiger charge is -2.04. The Morgan fingerprint density at radius 2 is 2.19 bits per heavy atom. The predicted molar refractivity (Wildman–Crippen MR) is 86.1 cm³/mol. The lowest BCUT2D eigenvalue weighted by atomic mass is 10.1. The van der Waals surface area contributed by atoms with E-state index in [9.17, 15) is 4.79 Å². The number of carbonyl (C=O) groups excluding carboxylic acids is 1. The number of nitrogens with one attached hydrogen (secondary N) is 1. The zero-order valence-corrected chi connectivity index (χ0v) is 13.0. The van der Waals surface area contributed by atoms with Crippen LogP contribution in [0.2, 0.25) is 0 Å². The molecule has 0 atom stereocenters. The molecule has 0 aliphatic heterocycles. The third kappa shape index (κ3) is 6.13. The van der Waals surface area contributed by atoms with Gasteiger partial charge in [-0.25, -0.2) is 0 Å². The molecule has 0 radical (unpaired) electrons. The van der Waals surface area contributed by atoms with Crippen molar-refractivity contribution in [2.24, 2.45) is 5.92 Å². The van der Waals surface area contributed by atoms with Crippen molar-refractivity contribution >= 4 is 12.0 Å². The first-order chi connectivity index (χ1) is 10.1. The van der Waals surface area contributed by atoms with Crippen LogP contribution in [0.5, 0.6) is 0 Å². The first-order valence-corrected chi connectivity index (χ1v) is 7.76. The summed E-state index contributed by atoms with van der Waals surface area (Å²) < 4.78 is 5.53. The second-order valence-electron chi connectivity index (χ2n) is 5.86. The molecule has 114 valence electrons. The van der Waals surface area contributed by atoms with Crippen LogP contribution in [0.4, 0.5) is 0 Å². The number of aryl methyl sites for hydroxylation is 2. The molecule has 0 saturated heterocycles. The summed E-state index contributed by atoms with van der Waals surface area (Å²) in [5, 5.41) is 2.88. The maximum absolute atomic E-state index is 11.7. The van der Waals surface area contributed by atoms with Gasteiger partial charge >= 0.3 is 0 Å². The molecule has 1 aliphatic carbocycles. The van der Waals surface area contributed by atoms with Gasteiger partial charge in [0.2, 0.25) is 5.91 Å². The van der Waals surface area contributed by atoms with E-state index >= 15 is 0 Å². The van der Waals surface area contributed by atoms with Gasteiger partial charge in [-0.1, -0.05) is 23.8 Å². The van der Waals surface area contributed by atoms with E-state index in [0.717, 1.165) is 31.1 Å². The molecule has 1 aromatic carbocycles. The Hall–Kier alpha value is -1.61. The molecule has 1 saturated carbocycles. The fourth-order valence-corrected chi connectivity index (χ4v) is 2.16. The maximum Gasteiger partial charge on any atom is 0.244 e. The highest BCUT2D eigenvalue weighted by Crippen LogP contribution is 2.28. The first-order valence-electron chi connectivity index (χ1n) is 7.76. The van der Waals surface area contributed by atoms with E-state index in [4.69, 9.17) is 4.74 Å². The van der Waals surface area contributed by atoms with Crippen molar-refractivity contribution < 1.29 is 9.53 Å². The predicted octanol–water partition coefficient (Wildman–Crippen LogP) is 3.25. The standard InChI is InChI=1S/C18H25NO2/c1-14-4-7-17(15(2)12-14)8-9-18(20)19-10-3-11-21-13-16-5-6-16/h4,7-9,12,16H,3,5-6,10-11,13H2,1-2H3,(H,19,20)/b9-8+. The number of rotatable bonds is 8. The van der Waals surface area contributed by atoms with Gasteiger partial charge in [0.05, 0.1) is 0 Å². The molecule has 3 nitrogen and oxygen atoms in total. The fourth-order valence-electron chi connectivity index (χ4n) is 2.16. The molecule has 1 amide bonds. The minimum atomic E-state index is -0.0443. The van der Waals surface area contributed by atoms with Crippen molar-refractivity contribution in [1.82, 2.24) is 5.32 Å². The summed E-state index contributed by atoms with van der Waals surface area (Å²) >= 11 is 0. The number of ether oxygens (including phenoxy) is 1. The monoisotopic (exact) mass is 287 g/mol. The molecule has 3 heteroatoms. The van der Waals surface area contributed by atoms with Crippen LogP contribution >= 0.6 is 0 Å². The molecule has 0 bridgehead atoms. The molecule has 1 N–H and O–H groups in total. The molecule has 1 aromatic rings. The minimum Gasteiger partial charge on any atom is -0.381 e. The largest absolute Gasteiger partial charge is 0.381 e. The zero-order valence-electron chi connectivity index (χ0n) is 13.0. The summed E-state index contributed by atoms with van der Waals surface area (Å²) in [7, 11) is 0. The SMILES string of the molecule is Cc1ccc(/C=C/C(=O)NCCCOCC2CC2)c(C)c1. The number of benzene rings is 1. The van der Waals surface area contributed by atoms with Gasteiger partial charge in [0.15, 0.2) is 0 Å². The van der Waals surface area contributed by atoms with Gasteiger partial charge in [0.25, 0.3) is 0 Å². The van der Waals surface area contributed by atoms with Crippen LogP contribution in [-0.4, -0.2) is 25.7 Å². The molecular formula is C18H25NO2. The van der Waals surface area contributed by atoms with Gasteiger partial charge in [-0.2, -0.15) is 0 Å². The summed E-state index contributed by atoms with van der Waals surface area (Å²) in [5.41, 5.74) is 3.51. The summed E-state index contributed by atoms with van der Waals surface area (Å²) in [6.07, 6.45) is 6.98. The van der Waals surface area contributed by atoms with E-state index < -0.39 is 0 Å². The third-order valence-electron chi connectivity index (χ3n) is 3.65. The Morgan fingerprint density at radius 1 is 1.38 bits per heavy atom. The summed E-state index contributed by atoms with van der Waals surface area (Å²) in [5.74, 6) is 0.762. The minimum absolute atomic E-state index is 0.0443. The Kier molecular flexibility index (Phi) is 6.00. The van der Waals surface area contributed by atoms with E-state index in [1.807, 2.05) is 12.1 Å². The molecule has 0 unspecified atom stereocenters. The fraction of sp³-hybridized carbons (Fsp3) is 0.500. The van der Waals surface area contributed by atoms with E-state index in [2.05, 4.69) is 31.3 Å². The average Bonchev–Trinajstić information content (AvgIpc) is 3.26. The number of hydrogen-bond donors (Lipinski definition) is 1.